The first-order chi connectivity index (χ1) is 17.2. The molecule has 234 valence electrons. The van der Waals surface area contributed by atoms with Gasteiger partial charge in [-0.05, 0) is 74.4 Å². The normalized spacial score (nSPS) is 13.3. The van der Waals surface area contributed by atoms with Crippen LogP contribution in [-0.2, 0) is 0 Å². The van der Waals surface area contributed by atoms with E-state index in [1.165, 1.54) is 0 Å². The Labute approximate surface area is 293 Å². The summed E-state index contributed by atoms with van der Waals surface area (Å²) in [6.45, 7) is 35.8. The maximum atomic E-state index is 6.69. The molecule has 2 atom stereocenters. The largest absolute Gasteiger partial charge is 1.00 e. The van der Waals surface area contributed by atoms with Crippen LogP contribution in [0, 0.1) is 0 Å². The molecule has 0 amide bonds. The Hall–Kier alpha value is 0.690. The Morgan fingerprint density at radius 3 is 1.18 bits per heavy atom. The maximum Gasteiger partial charge on any atom is 0.231 e. The zero-order valence-corrected chi connectivity index (χ0v) is 33.3. The van der Waals surface area contributed by atoms with Crippen molar-refractivity contribution in [3.63, 3.8) is 0 Å². The van der Waals surface area contributed by atoms with Crippen LogP contribution < -0.4 is 86.1 Å². The van der Waals surface area contributed by atoms with Crippen LogP contribution in [0.25, 0.3) is 0 Å². The monoisotopic (exact) mass is 891 g/mol. The minimum Gasteiger partial charge on any atom is -1.00 e. The van der Waals surface area contributed by atoms with Gasteiger partial charge < -0.3 is 90.6 Å². The highest BCUT2D eigenvalue weighted by Gasteiger charge is 2.34. The van der Waals surface area contributed by atoms with Crippen molar-refractivity contribution in [2.45, 2.75) is 88.6 Å². The topological polar surface area (TPSA) is 27.7 Å². The zero-order chi connectivity index (χ0) is 27.4. The van der Waals surface area contributed by atoms with Gasteiger partial charge in [0.15, 0.2) is 11.5 Å². The van der Waals surface area contributed by atoms with Crippen LogP contribution in [0.4, 0.5) is 0 Å². The Morgan fingerprint density at radius 1 is 0.564 bits per heavy atom. The van der Waals surface area contributed by atoms with Crippen LogP contribution in [0.1, 0.15) is 76.2 Å². The summed E-state index contributed by atoms with van der Waals surface area (Å²) in [5, 5.41) is 0. The minimum atomic E-state index is 0. The van der Waals surface area contributed by atoms with Crippen LogP contribution in [-0.4, -0.2) is 98.0 Å². The summed E-state index contributed by atoms with van der Waals surface area (Å²) in [6, 6.07) is 6.13. The summed E-state index contributed by atoms with van der Waals surface area (Å²) in [7, 11) is 0. The summed E-state index contributed by atoms with van der Waals surface area (Å²) < 4.78 is 22.8. The van der Waals surface area contributed by atoms with E-state index in [4.69, 9.17) is 14.2 Å². The molecule has 2 unspecified atom stereocenters. The first kappa shape index (κ1) is 44.1. The van der Waals surface area contributed by atoms with Gasteiger partial charge in [-0.15, -0.1) is 0 Å². The summed E-state index contributed by atoms with van der Waals surface area (Å²) in [4.78, 5) is 0. The summed E-state index contributed by atoms with van der Waals surface area (Å²) in [6.07, 6.45) is 0.0437. The molecular formula is C30H60I3N3O3. The first-order valence-electron chi connectivity index (χ1n) is 14.8. The quantitative estimate of drug-likeness (QED) is 0.0853. The lowest BCUT2D eigenvalue weighted by Crippen LogP contribution is -3.00. The number of para-hydroxylation sites is 1. The standard InChI is InChI=1S/C30H60N3O3.3HI/c1-12-31(13-2,14-3)24-25-34-30-28(35-26(10)32(15-4,16-5)17-6)22-21-23-29(30)36-27(11)33(18-7,19-8)20-9;;;/h21-23,26-27H,12-20,24-25H2,1-11H3;3*1H/q+3;;;/p-3. The van der Waals surface area contributed by atoms with Crippen LogP contribution in [0.3, 0.4) is 0 Å². The van der Waals surface area contributed by atoms with Crippen molar-refractivity contribution in [3.8, 4) is 17.2 Å². The number of hydrogen-bond donors (Lipinski definition) is 0. The molecule has 0 saturated heterocycles. The third-order valence-electron chi connectivity index (χ3n) is 9.68. The molecule has 0 aromatic heterocycles. The Bertz CT molecular complexity index is 687. The van der Waals surface area contributed by atoms with E-state index in [0.717, 1.165) is 96.1 Å². The Kier molecular flexibility index (Phi) is 24.2. The molecule has 0 aliphatic heterocycles. The molecule has 0 bridgehead atoms. The molecule has 0 spiro atoms. The molecule has 0 aliphatic rings. The van der Waals surface area contributed by atoms with Gasteiger partial charge in [0.1, 0.15) is 13.2 Å². The van der Waals surface area contributed by atoms with Crippen molar-refractivity contribution in [3.05, 3.63) is 18.2 Å². The second-order valence-corrected chi connectivity index (χ2v) is 10.2. The SMILES string of the molecule is CC[N+](CC)(CC)CCOc1c(OC(C)[N+](CC)(CC)CC)cccc1OC(C)[N+](CC)(CC)CC.[I-].[I-].[I-]. The highest BCUT2D eigenvalue weighted by molar-refractivity contribution is 5.51. The third kappa shape index (κ3) is 11.0. The molecule has 0 N–H and O–H groups in total. The van der Waals surface area contributed by atoms with Crippen molar-refractivity contribution in [2.75, 3.05) is 72.1 Å². The number of rotatable bonds is 19. The number of halogens is 3. The Morgan fingerprint density at radius 2 is 0.897 bits per heavy atom. The molecule has 1 aromatic carbocycles. The maximum absolute atomic E-state index is 6.69. The summed E-state index contributed by atoms with van der Waals surface area (Å²) in [5.41, 5.74) is 0. The van der Waals surface area contributed by atoms with E-state index >= 15 is 0 Å². The van der Waals surface area contributed by atoms with Gasteiger partial charge in [0.25, 0.3) is 0 Å². The fourth-order valence-corrected chi connectivity index (χ4v) is 5.79. The van der Waals surface area contributed by atoms with Gasteiger partial charge in [0.05, 0.1) is 58.9 Å². The lowest BCUT2D eigenvalue weighted by Gasteiger charge is -2.41. The molecular weight excluding hydrogens is 831 g/mol. The highest BCUT2D eigenvalue weighted by Crippen LogP contribution is 2.40. The van der Waals surface area contributed by atoms with E-state index in [2.05, 4.69) is 76.2 Å². The van der Waals surface area contributed by atoms with E-state index < -0.39 is 0 Å². The van der Waals surface area contributed by atoms with Crippen molar-refractivity contribution in [1.29, 1.82) is 0 Å². The minimum absolute atomic E-state index is 0. The number of likely N-dealkylation sites (N-methyl/N-ethyl adjacent to an activating group) is 1. The molecule has 0 aliphatic carbocycles. The second kappa shape index (κ2) is 21.4. The number of hydrogen-bond acceptors (Lipinski definition) is 3. The van der Waals surface area contributed by atoms with Gasteiger partial charge in [-0.25, -0.2) is 0 Å². The molecule has 0 fully saturated rings. The van der Waals surface area contributed by atoms with Gasteiger partial charge in [0, 0.05) is 13.8 Å². The third-order valence-corrected chi connectivity index (χ3v) is 9.68. The van der Waals surface area contributed by atoms with Gasteiger partial charge in [-0.3, -0.25) is 8.97 Å². The average molecular weight is 892 g/mol. The summed E-state index contributed by atoms with van der Waals surface area (Å²) >= 11 is 0. The van der Waals surface area contributed by atoms with Crippen LogP contribution >= 0.6 is 0 Å². The van der Waals surface area contributed by atoms with Gasteiger partial charge >= 0.3 is 0 Å². The molecule has 1 aromatic rings. The molecule has 0 saturated carbocycles. The first-order valence-corrected chi connectivity index (χ1v) is 14.8. The molecule has 39 heavy (non-hydrogen) atoms. The molecule has 0 heterocycles. The predicted molar refractivity (Wildman–Crippen MR) is 153 cm³/mol. The second-order valence-electron chi connectivity index (χ2n) is 10.2. The van der Waals surface area contributed by atoms with Crippen LogP contribution in [0.2, 0.25) is 0 Å². The smallest absolute Gasteiger partial charge is 0.231 e. The molecule has 1 rings (SSSR count). The van der Waals surface area contributed by atoms with Crippen molar-refractivity contribution in [1.82, 2.24) is 0 Å². The van der Waals surface area contributed by atoms with E-state index in [9.17, 15) is 0 Å². The summed E-state index contributed by atoms with van der Waals surface area (Å²) in [5.74, 6) is 2.32. The van der Waals surface area contributed by atoms with Crippen molar-refractivity contribution >= 4 is 0 Å². The zero-order valence-electron chi connectivity index (χ0n) is 26.9. The fraction of sp³-hybridized carbons (Fsp3) is 0.800. The van der Waals surface area contributed by atoms with Crippen LogP contribution in [0.5, 0.6) is 17.2 Å². The number of ether oxygens (including phenoxy) is 3. The van der Waals surface area contributed by atoms with Crippen molar-refractivity contribution < 1.29 is 99.6 Å². The van der Waals surface area contributed by atoms with Gasteiger partial charge in [-0.1, -0.05) is 6.07 Å². The predicted octanol–water partition coefficient (Wildman–Crippen LogP) is -2.84. The Balaban J connectivity index is -0.00000432. The van der Waals surface area contributed by atoms with Crippen molar-refractivity contribution in [2.24, 2.45) is 0 Å². The van der Waals surface area contributed by atoms with E-state index in [0.29, 0.717) is 6.61 Å². The molecule has 9 heteroatoms. The number of quaternary nitrogens is 3. The molecule has 6 nitrogen and oxygen atoms in total. The van der Waals surface area contributed by atoms with Gasteiger partial charge in [-0.2, -0.15) is 0 Å². The lowest BCUT2D eigenvalue weighted by molar-refractivity contribution is -0.961. The number of nitrogens with zero attached hydrogens (tertiary/aromatic N) is 3. The lowest BCUT2D eigenvalue weighted by atomic mass is 10.2. The van der Waals surface area contributed by atoms with E-state index in [1.807, 2.05) is 18.2 Å². The van der Waals surface area contributed by atoms with E-state index in [1.54, 1.807) is 0 Å². The van der Waals surface area contributed by atoms with E-state index in [-0.39, 0.29) is 84.4 Å². The van der Waals surface area contributed by atoms with Crippen LogP contribution in [0.15, 0.2) is 18.2 Å². The highest BCUT2D eigenvalue weighted by atomic mass is 127. The average Bonchev–Trinajstić information content (AvgIpc) is 2.91. The molecule has 0 radical (unpaired) electrons. The van der Waals surface area contributed by atoms with Gasteiger partial charge in [0.2, 0.25) is 18.2 Å². The number of benzene rings is 1. The fourth-order valence-electron chi connectivity index (χ4n) is 5.79.